The number of rotatable bonds is 7. The SMILES string of the molecule is CC(=O)c1c(C)cc(C)c(COC(=O)CCc2nc(-c3ccc(C)cc3)no2)c1C. The normalized spacial score (nSPS) is 10.8. The van der Waals surface area contributed by atoms with E-state index in [1.54, 1.807) is 6.92 Å². The van der Waals surface area contributed by atoms with Crippen molar-refractivity contribution in [1.82, 2.24) is 10.1 Å². The highest BCUT2D eigenvalue weighted by molar-refractivity contribution is 5.97. The molecule has 1 heterocycles. The third kappa shape index (κ3) is 4.82. The minimum atomic E-state index is -0.353. The Morgan fingerprint density at radius 2 is 1.73 bits per heavy atom. The lowest BCUT2D eigenvalue weighted by molar-refractivity contribution is -0.145. The van der Waals surface area contributed by atoms with Crippen LogP contribution in [0.4, 0.5) is 0 Å². The van der Waals surface area contributed by atoms with Gasteiger partial charge in [-0.3, -0.25) is 9.59 Å². The number of Topliss-reactive ketones (excluding diaryl/α,β-unsaturated/α-hetero) is 1. The van der Waals surface area contributed by atoms with Crippen LogP contribution in [0.5, 0.6) is 0 Å². The quantitative estimate of drug-likeness (QED) is 0.412. The Labute approximate surface area is 176 Å². The number of esters is 1. The summed E-state index contributed by atoms with van der Waals surface area (Å²) in [5.74, 6) is 0.553. The number of carbonyl (C=O) groups is 2. The number of benzene rings is 2. The Morgan fingerprint density at radius 3 is 2.40 bits per heavy atom. The summed E-state index contributed by atoms with van der Waals surface area (Å²) >= 11 is 0. The van der Waals surface area contributed by atoms with E-state index < -0.39 is 0 Å². The lowest BCUT2D eigenvalue weighted by Crippen LogP contribution is -2.10. The highest BCUT2D eigenvalue weighted by atomic mass is 16.5. The molecular weight excluding hydrogens is 380 g/mol. The second kappa shape index (κ2) is 9.03. The Morgan fingerprint density at radius 1 is 1.03 bits per heavy atom. The Balaban J connectivity index is 1.59. The van der Waals surface area contributed by atoms with Gasteiger partial charge >= 0.3 is 5.97 Å². The third-order valence-corrected chi connectivity index (χ3v) is 5.18. The Bertz CT molecular complexity index is 1080. The number of ketones is 1. The number of hydrogen-bond acceptors (Lipinski definition) is 6. The largest absolute Gasteiger partial charge is 0.461 e. The first-order valence-electron chi connectivity index (χ1n) is 9.92. The molecule has 0 saturated heterocycles. The van der Waals surface area contributed by atoms with Gasteiger partial charge < -0.3 is 9.26 Å². The number of nitrogens with zero attached hydrogens (tertiary/aromatic N) is 2. The zero-order chi connectivity index (χ0) is 21.8. The van der Waals surface area contributed by atoms with E-state index in [1.807, 2.05) is 58.0 Å². The highest BCUT2D eigenvalue weighted by Crippen LogP contribution is 2.24. The molecule has 0 radical (unpaired) electrons. The molecule has 0 aliphatic carbocycles. The fourth-order valence-electron chi connectivity index (χ4n) is 3.60. The maximum Gasteiger partial charge on any atom is 0.306 e. The number of aryl methyl sites for hydroxylation is 4. The van der Waals surface area contributed by atoms with E-state index in [0.29, 0.717) is 23.7 Å². The van der Waals surface area contributed by atoms with E-state index in [9.17, 15) is 9.59 Å². The molecule has 6 heteroatoms. The van der Waals surface area contributed by atoms with Crippen LogP contribution < -0.4 is 0 Å². The van der Waals surface area contributed by atoms with Gasteiger partial charge in [-0.25, -0.2) is 0 Å². The summed E-state index contributed by atoms with van der Waals surface area (Å²) in [6, 6.07) is 9.78. The molecule has 0 aliphatic rings. The molecule has 1 aromatic heterocycles. The van der Waals surface area contributed by atoms with E-state index in [4.69, 9.17) is 9.26 Å². The van der Waals surface area contributed by atoms with Crippen LogP contribution >= 0.6 is 0 Å². The van der Waals surface area contributed by atoms with Crippen LogP contribution in [0, 0.1) is 27.7 Å². The van der Waals surface area contributed by atoms with E-state index in [1.165, 1.54) is 0 Å². The summed E-state index contributed by atoms with van der Waals surface area (Å²) in [6.45, 7) is 9.47. The van der Waals surface area contributed by atoms with Gasteiger partial charge in [-0.05, 0) is 56.9 Å². The van der Waals surface area contributed by atoms with E-state index in [-0.39, 0.29) is 24.8 Å². The molecular formula is C24H26N2O4. The molecule has 0 atom stereocenters. The predicted octanol–water partition coefficient (Wildman–Crippen LogP) is 4.85. The first kappa shape index (κ1) is 21.4. The van der Waals surface area contributed by atoms with Gasteiger partial charge in [0, 0.05) is 17.5 Å². The van der Waals surface area contributed by atoms with Gasteiger partial charge in [0.25, 0.3) is 0 Å². The number of ether oxygens (including phenoxy) is 1. The lowest BCUT2D eigenvalue weighted by Gasteiger charge is -2.16. The van der Waals surface area contributed by atoms with Crippen molar-refractivity contribution in [2.45, 2.75) is 54.1 Å². The summed E-state index contributed by atoms with van der Waals surface area (Å²) in [7, 11) is 0. The minimum Gasteiger partial charge on any atom is -0.461 e. The van der Waals surface area contributed by atoms with Crippen molar-refractivity contribution >= 4 is 11.8 Å². The van der Waals surface area contributed by atoms with E-state index >= 15 is 0 Å². The van der Waals surface area contributed by atoms with E-state index in [0.717, 1.165) is 33.4 Å². The fraction of sp³-hybridized carbons (Fsp3) is 0.333. The summed E-state index contributed by atoms with van der Waals surface area (Å²) in [4.78, 5) is 28.5. The minimum absolute atomic E-state index is 0.0124. The maximum atomic E-state index is 12.2. The molecule has 0 fully saturated rings. The summed E-state index contributed by atoms with van der Waals surface area (Å²) < 4.78 is 10.7. The number of aromatic nitrogens is 2. The van der Waals surface area contributed by atoms with Crippen LogP contribution in [0.1, 0.15) is 57.4 Å². The van der Waals surface area contributed by atoms with Crippen LogP contribution in [-0.4, -0.2) is 21.9 Å². The van der Waals surface area contributed by atoms with Crippen molar-refractivity contribution in [2.24, 2.45) is 0 Å². The second-order valence-corrected chi connectivity index (χ2v) is 7.58. The van der Waals surface area contributed by atoms with Crippen LogP contribution in [-0.2, 0) is 22.6 Å². The summed E-state index contributed by atoms with van der Waals surface area (Å²) in [6.07, 6.45) is 0.446. The van der Waals surface area contributed by atoms with Gasteiger partial charge in [-0.15, -0.1) is 0 Å². The molecule has 0 spiro atoms. The van der Waals surface area contributed by atoms with Crippen LogP contribution in [0.3, 0.4) is 0 Å². The molecule has 0 amide bonds. The second-order valence-electron chi connectivity index (χ2n) is 7.58. The Hall–Kier alpha value is -3.28. The van der Waals surface area contributed by atoms with Gasteiger partial charge in [-0.1, -0.05) is 41.1 Å². The number of hydrogen-bond donors (Lipinski definition) is 0. The first-order chi connectivity index (χ1) is 14.3. The molecule has 0 saturated carbocycles. The zero-order valence-electron chi connectivity index (χ0n) is 18.0. The summed E-state index contributed by atoms with van der Waals surface area (Å²) in [5.41, 5.74) is 6.40. The fourth-order valence-corrected chi connectivity index (χ4v) is 3.60. The molecule has 3 aromatic rings. The maximum absolute atomic E-state index is 12.2. The van der Waals surface area contributed by atoms with Crippen LogP contribution in [0.15, 0.2) is 34.9 Å². The third-order valence-electron chi connectivity index (χ3n) is 5.18. The monoisotopic (exact) mass is 406 g/mol. The number of carbonyl (C=O) groups excluding carboxylic acids is 2. The van der Waals surface area contributed by atoms with Crippen molar-refractivity contribution in [2.75, 3.05) is 0 Å². The molecule has 0 unspecified atom stereocenters. The molecule has 30 heavy (non-hydrogen) atoms. The molecule has 2 aromatic carbocycles. The molecule has 6 nitrogen and oxygen atoms in total. The van der Waals surface area contributed by atoms with Crippen molar-refractivity contribution in [1.29, 1.82) is 0 Å². The Kier molecular flexibility index (Phi) is 6.45. The van der Waals surface area contributed by atoms with Crippen LogP contribution in [0.25, 0.3) is 11.4 Å². The highest BCUT2D eigenvalue weighted by Gasteiger charge is 2.16. The first-order valence-corrected chi connectivity index (χ1v) is 9.92. The molecule has 0 N–H and O–H groups in total. The van der Waals surface area contributed by atoms with Gasteiger partial charge in [0.15, 0.2) is 5.78 Å². The van der Waals surface area contributed by atoms with E-state index in [2.05, 4.69) is 10.1 Å². The lowest BCUT2D eigenvalue weighted by atomic mass is 9.92. The van der Waals surface area contributed by atoms with Gasteiger partial charge in [0.05, 0.1) is 6.42 Å². The summed E-state index contributed by atoms with van der Waals surface area (Å²) in [5, 5.41) is 3.98. The average molecular weight is 406 g/mol. The smallest absolute Gasteiger partial charge is 0.306 e. The van der Waals surface area contributed by atoms with Crippen molar-refractivity contribution < 1.29 is 18.8 Å². The zero-order valence-corrected chi connectivity index (χ0v) is 18.0. The van der Waals surface area contributed by atoms with Crippen molar-refractivity contribution in [3.05, 3.63) is 69.6 Å². The van der Waals surface area contributed by atoms with Crippen LogP contribution in [0.2, 0.25) is 0 Å². The van der Waals surface area contributed by atoms with Crippen molar-refractivity contribution in [3.8, 4) is 11.4 Å². The molecule has 0 bridgehead atoms. The van der Waals surface area contributed by atoms with Gasteiger partial charge in [0.1, 0.15) is 6.61 Å². The van der Waals surface area contributed by atoms with Gasteiger partial charge in [0.2, 0.25) is 11.7 Å². The molecule has 0 aliphatic heterocycles. The topological polar surface area (TPSA) is 82.3 Å². The molecule has 156 valence electrons. The van der Waals surface area contributed by atoms with Crippen molar-refractivity contribution in [3.63, 3.8) is 0 Å². The van der Waals surface area contributed by atoms with Gasteiger partial charge in [-0.2, -0.15) is 4.98 Å². The molecule has 3 rings (SSSR count). The average Bonchev–Trinajstić information content (AvgIpc) is 3.15. The standard InChI is InChI=1S/C24H26N2O4/c1-14-6-8-19(9-7-14)24-25-21(30-26-24)10-11-22(28)29-13-20-15(2)12-16(3)23(17(20)4)18(5)27/h6-9,12H,10-11,13H2,1-5H3. The predicted molar refractivity (Wildman–Crippen MR) is 113 cm³/mol.